The van der Waals surface area contributed by atoms with E-state index in [1.807, 2.05) is 6.92 Å². The van der Waals surface area contributed by atoms with Crippen molar-refractivity contribution in [3.05, 3.63) is 17.0 Å². The van der Waals surface area contributed by atoms with Gasteiger partial charge in [-0.15, -0.1) is 0 Å². The van der Waals surface area contributed by atoms with Crippen molar-refractivity contribution in [3.63, 3.8) is 0 Å². The van der Waals surface area contributed by atoms with Crippen LogP contribution in [0.5, 0.6) is 0 Å². The Morgan fingerprint density at radius 1 is 1.52 bits per heavy atom. The second-order valence-electron chi connectivity index (χ2n) is 5.64. The standard InChI is InChI=1S/C13H18ClN3O3S/c1-9-7-20-5-4-17(9)12-6-10(15-13(14)16-12)8-21(18,19)11-2-3-11/h6,9,11H,2-5,7-8H2,1H3/p+1/t9-/m0/s1. The lowest BCUT2D eigenvalue weighted by molar-refractivity contribution is 0.0985. The van der Waals surface area contributed by atoms with E-state index in [0.717, 1.165) is 19.4 Å². The van der Waals surface area contributed by atoms with Crippen molar-refractivity contribution in [2.75, 3.05) is 24.7 Å². The summed E-state index contributed by atoms with van der Waals surface area (Å²) in [6.45, 7) is 4.05. The Morgan fingerprint density at radius 3 is 2.95 bits per heavy atom. The molecule has 6 nitrogen and oxygen atoms in total. The van der Waals surface area contributed by atoms with Gasteiger partial charge in [0.15, 0.2) is 11.0 Å². The molecule has 1 aromatic heterocycles. The smallest absolute Gasteiger partial charge is 0.224 e. The average Bonchev–Trinajstić information content (AvgIpc) is 3.22. The predicted octanol–water partition coefficient (Wildman–Crippen LogP) is 1.99. The van der Waals surface area contributed by atoms with Crippen LogP contribution in [0.25, 0.3) is 0 Å². The van der Waals surface area contributed by atoms with E-state index in [9.17, 15) is 8.76 Å². The Balaban J connectivity index is 1.83. The van der Waals surface area contributed by atoms with Crippen LogP contribution >= 0.6 is 11.6 Å². The van der Waals surface area contributed by atoms with E-state index in [4.69, 9.17) is 16.3 Å². The molecule has 2 atom stereocenters. The highest BCUT2D eigenvalue weighted by atomic mass is 35.5. The van der Waals surface area contributed by atoms with E-state index in [1.54, 1.807) is 6.07 Å². The first-order valence-electron chi connectivity index (χ1n) is 7.07. The molecule has 0 spiro atoms. The lowest BCUT2D eigenvalue weighted by Gasteiger charge is -2.34. The summed E-state index contributed by atoms with van der Waals surface area (Å²) >= 11 is 5.99. The Kier molecular flexibility index (Phi) is 4.18. The van der Waals surface area contributed by atoms with E-state index in [2.05, 4.69) is 14.9 Å². The zero-order valence-electron chi connectivity index (χ0n) is 11.9. The topological polar surface area (TPSA) is 75.5 Å². The van der Waals surface area contributed by atoms with Crippen LogP contribution in [0.15, 0.2) is 6.07 Å². The maximum atomic E-state index is 12.2. The number of rotatable bonds is 4. The molecular weight excluding hydrogens is 314 g/mol. The lowest BCUT2D eigenvalue weighted by atomic mass is 10.2. The molecular formula is C13H19ClN3O3S+. The second kappa shape index (κ2) is 5.79. The van der Waals surface area contributed by atoms with Gasteiger partial charge in [-0.05, 0) is 18.5 Å². The van der Waals surface area contributed by atoms with Crippen LogP contribution in [0.3, 0.4) is 0 Å². The van der Waals surface area contributed by atoms with Gasteiger partial charge in [0.2, 0.25) is 15.5 Å². The summed E-state index contributed by atoms with van der Waals surface area (Å²) < 4.78 is 27.7. The molecule has 3 rings (SSSR count). The van der Waals surface area contributed by atoms with Gasteiger partial charge in [0.25, 0.3) is 0 Å². The zero-order chi connectivity index (χ0) is 15.0. The fourth-order valence-electron chi connectivity index (χ4n) is 2.51. The summed E-state index contributed by atoms with van der Waals surface area (Å²) in [5.74, 6) is 0.748. The molecule has 0 radical (unpaired) electrons. The molecule has 2 fully saturated rings. The van der Waals surface area contributed by atoms with Crippen LogP contribution in [0.1, 0.15) is 25.5 Å². The van der Waals surface area contributed by atoms with Gasteiger partial charge in [-0.25, -0.2) is 9.97 Å². The third-order valence-corrected chi connectivity index (χ3v) is 6.19. The largest absolute Gasteiger partial charge is 0.377 e. The summed E-state index contributed by atoms with van der Waals surface area (Å²) in [6.07, 6.45) is 1.64. The molecule has 1 saturated heterocycles. The van der Waals surface area contributed by atoms with Crippen LogP contribution in [-0.4, -0.2) is 45.6 Å². The molecule has 0 bridgehead atoms. The summed E-state index contributed by atoms with van der Waals surface area (Å²) in [7, 11) is -2.86. The molecule has 2 aliphatic rings. The first-order valence-corrected chi connectivity index (χ1v) is 9.19. The Morgan fingerprint density at radius 2 is 2.29 bits per heavy atom. The third kappa shape index (κ3) is 3.53. The third-order valence-electron chi connectivity index (χ3n) is 3.80. The number of halogens is 1. The molecule has 2 heterocycles. The van der Waals surface area contributed by atoms with Crippen LogP contribution in [-0.2, 0) is 24.9 Å². The number of aromatic nitrogens is 2. The molecule has 0 aromatic carbocycles. The molecule has 1 aromatic rings. The van der Waals surface area contributed by atoms with Crippen molar-refractivity contribution in [2.24, 2.45) is 0 Å². The van der Waals surface area contributed by atoms with Gasteiger partial charge in [0.05, 0.1) is 24.9 Å². The van der Waals surface area contributed by atoms with Crippen LogP contribution in [0, 0.1) is 0 Å². The van der Waals surface area contributed by atoms with E-state index in [1.165, 1.54) is 0 Å². The van der Waals surface area contributed by atoms with Crippen LogP contribution in [0.2, 0.25) is 5.28 Å². The predicted molar refractivity (Wildman–Crippen MR) is 82.1 cm³/mol. The maximum absolute atomic E-state index is 12.2. The molecule has 1 unspecified atom stereocenters. The summed E-state index contributed by atoms with van der Waals surface area (Å²) in [4.78, 5) is 10.4. The fraction of sp³-hybridized carbons (Fsp3) is 0.692. The Bertz CT molecular complexity index is 582. The van der Waals surface area contributed by atoms with Gasteiger partial charge in [-0.3, -0.25) is 0 Å². The quantitative estimate of drug-likeness (QED) is 0.671. The number of morpholine rings is 1. The minimum absolute atomic E-state index is 0.0472. The minimum atomic E-state index is -2.86. The SMILES string of the molecule is C[C@H]1COCCN1c1cc(C[S+](=O)(O)C2CC2)nc(Cl)n1. The number of nitrogens with zero attached hydrogens (tertiary/aromatic N) is 3. The van der Waals surface area contributed by atoms with E-state index < -0.39 is 10.2 Å². The minimum Gasteiger partial charge on any atom is -0.377 e. The molecule has 1 saturated carbocycles. The summed E-state index contributed by atoms with van der Waals surface area (Å²) in [5, 5.41) is 0.0317. The molecule has 1 aliphatic heterocycles. The van der Waals surface area contributed by atoms with E-state index in [-0.39, 0.29) is 22.3 Å². The van der Waals surface area contributed by atoms with Gasteiger partial charge in [-0.1, -0.05) is 4.21 Å². The molecule has 116 valence electrons. The number of anilines is 1. The zero-order valence-corrected chi connectivity index (χ0v) is 13.4. The highest BCUT2D eigenvalue weighted by molar-refractivity contribution is 7.97. The van der Waals surface area contributed by atoms with Gasteiger partial charge in [0.1, 0.15) is 5.82 Å². The van der Waals surface area contributed by atoms with Crippen molar-refractivity contribution in [2.45, 2.75) is 36.8 Å². The van der Waals surface area contributed by atoms with Crippen LogP contribution < -0.4 is 4.90 Å². The maximum Gasteiger partial charge on any atom is 0.224 e. The first kappa shape index (κ1) is 15.1. The highest BCUT2D eigenvalue weighted by Crippen LogP contribution is 2.35. The highest BCUT2D eigenvalue weighted by Gasteiger charge is 2.47. The first-order chi connectivity index (χ1) is 9.95. The van der Waals surface area contributed by atoms with E-state index in [0.29, 0.717) is 24.7 Å². The molecule has 1 N–H and O–H groups in total. The van der Waals surface area contributed by atoms with Gasteiger partial charge in [0, 0.05) is 25.5 Å². The van der Waals surface area contributed by atoms with Gasteiger partial charge in [-0.2, -0.15) is 4.55 Å². The van der Waals surface area contributed by atoms with Crippen molar-refractivity contribution < 1.29 is 13.5 Å². The summed E-state index contributed by atoms with van der Waals surface area (Å²) in [5.41, 5.74) is 0.531. The molecule has 21 heavy (non-hydrogen) atoms. The number of hydrogen-bond donors (Lipinski definition) is 1. The lowest BCUT2D eigenvalue weighted by Crippen LogP contribution is -2.44. The van der Waals surface area contributed by atoms with Crippen molar-refractivity contribution >= 4 is 27.6 Å². The van der Waals surface area contributed by atoms with Crippen LogP contribution in [0.4, 0.5) is 5.82 Å². The van der Waals surface area contributed by atoms with E-state index >= 15 is 0 Å². The molecule has 0 amide bonds. The fourth-order valence-corrected chi connectivity index (χ4v) is 4.38. The van der Waals surface area contributed by atoms with Crippen molar-refractivity contribution in [1.29, 1.82) is 0 Å². The van der Waals surface area contributed by atoms with Crippen molar-refractivity contribution in [1.82, 2.24) is 9.97 Å². The van der Waals surface area contributed by atoms with Gasteiger partial charge >= 0.3 is 0 Å². The molecule has 8 heteroatoms. The average molecular weight is 333 g/mol. The Hall–Kier alpha value is -0.760. The monoisotopic (exact) mass is 332 g/mol. The normalized spacial score (nSPS) is 25.7. The van der Waals surface area contributed by atoms with Crippen molar-refractivity contribution in [3.8, 4) is 0 Å². The van der Waals surface area contributed by atoms with Gasteiger partial charge < -0.3 is 9.64 Å². The Labute approximate surface area is 130 Å². The second-order valence-corrected chi connectivity index (χ2v) is 8.31. The summed E-state index contributed by atoms with van der Waals surface area (Å²) in [6, 6.07) is 1.96. The number of hydrogen-bond acceptors (Lipinski definition) is 5. The molecule has 1 aliphatic carbocycles. The number of ether oxygens (including phenoxy) is 1.